The van der Waals surface area contributed by atoms with E-state index in [0.717, 1.165) is 0 Å². The molecule has 6 aromatic rings. The molecule has 0 aliphatic carbocycles. The monoisotopic (exact) mass is 438 g/mol. The van der Waals surface area contributed by atoms with Crippen LogP contribution in [0.2, 0.25) is 0 Å². The molecule has 2 aromatic carbocycles. The van der Waals surface area contributed by atoms with E-state index >= 15 is 0 Å². The number of nitrogens with zero attached hydrogens (tertiary/aromatic N) is 2. The van der Waals surface area contributed by atoms with E-state index in [2.05, 4.69) is 46.4 Å². The minimum absolute atomic E-state index is 0.400. The van der Waals surface area contributed by atoms with E-state index in [1.54, 1.807) is 8.52 Å². The average molecular weight is 436 g/mol. The molecule has 0 saturated heterocycles. The first kappa shape index (κ1) is 13.3. The summed E-state index contributed by atoms with van der Waals surface area (Å²) in [6.07, 6.45) is 7.74. The summed E-state index contributed by atoms with van der Waals surface area (Å²) in [5, 5.41) is 8.08. The Hall–Kier alpha value is -1.96. The number of fused-ring (bicyclic) bond motifs is 7. The van der Waals surface area contributed by atoms with Crippen molar-refractivity contribution < 1.29 is 0 Å². The van der Waals surface area contributed by atoms with Gasteiger partial charge in [0.05, 0.1) is 0 Å². The molecule has 0 saturated carbocycles. The van der Waals surface area contributed by atoms with Gasteiger partial charge in [0.25, 0.3) is 0 Å². The second-order valence-electron chi connectivity index (χ2n) is 6.00. The first-order chi connectivity index (χ1) is 11.9. The zero-order chi connectivity index (χ0) is 15.7. The molecule has 4 aromatic heterocycles. The van der Waals surface area contributed by atoms with Crippen LogP contribution in [-0.2, 0) is 0 Å². The Balaban J connectivity index is 1.81. The van der Waals surface area contributed by atoms with Crippen molar-refractivity contribution in [3.63, 3.8) is 0 Å². The van der Waals surface area contributed by atoms with Gasteiger partial charge >= 0.3 is 150 Å². The Morgan fingerprint density at radius 3 is 1.75 bits per heavy atom. The third-order valence-corrected chi connectivity index (χ3v) is 10.2. The third-order valence-electron chi connectivity index (χ3n) is 4.60. The molecule has 0 radical (unpaired) electrons. The molecule has 0 aliphatic rings. The second-order valence-corrected chi connectivity index (χ2v) is 10.4. The van der Waals surface area contributed by atoms with Crippen molar-refractivity contribution in [3.05, 3.63) is 61.2 Å². The number of hydrogen-bond acceptors (Lipinski definition) is 2. The number of aromatic nitrogens is 2. The molecule has 6 rings (SSSR count). The molecular formula is C20H10N2Se2. The maximum atomic E-state index is 4.29. The third kappa shape index (κ3) is 1.77. The van der Waals surface area contributed by atoms with E-state index in [-0.39, 0.29) is 0 Å². The molecule has 0 bridgehead atoms. The van der Waals surface area contributed by atoms with Crippen LogP contribution >= 0.6 is 0 Å². The van der Waals surface area contributed by atoms with Crippen molar-refractivity contribution >= 4 is 78.4 Å². The van der Waals surface area contributed by atoms with Crippen LogP contribution in [0.1, 0.15) is 0 Å². The van der Waals surface area contributed by atoms with Crippen LogP contribution in [0.5, 0.6) is 0 Å². The van der Waals surface area contributed by atoms with Crippen LogP contribution in [0.25, 0.3) is 49.4 Å². The zero-order valence-electron chi connectivity index (χ0n) is 12.5. The van der Waals surface area contributed by atoms with Gasteiger partial charge in [0.2, 0.25) is 0 Å². The van der Waals surface area contributed by atoms with Gasteiger partial charge in [-0.05, 0) is 0 Å². The van der Waals surface area contributed by atoms with Gasteiger partial charge in [0.1, 0.15) is 0 Å². The van der Waals surface area contributed by atoms with Crippen molar-refractivity contribution in [2.24, 2.45) is 0 Å². The van der Waals surface area contributed by atoms with Gasteiger partial charge in [-0.15, -0.1) is 0 Å². The molecule has 2 nitrogen and oxygen atoms in total. The van der Waals surface area contributed by atoms with Gasteiger partial charge < -0.3 is 0 Å². The predicted molar refractivity (Wildman–Crippen MR) is 103 cm³/mol. The summed E-state index contributed by atoms with van der Waals surface area (Å²) in [5.74, 6) is 0. The summed E-state index contributed by atoms with van der Waals surface area (Å²) >= 11 is 0.813. The Bertz CT molecular complexity index is 1300. The van der Waals surface area contributed by atoms with E-state index in [1.807, 2.05) is 24.8 Å². The summed E-state index contributed by atoms with van der Waals surface area (Å²) in [6.45, 7) is 0. The number of benzene rings is 2. The maximum absolute atomic E-state index is 4.29. The van der Waals surface area contributed by atoms with Crippen LogP contribution < -0.4 is 0 Å². The molecule has 0 atom stereocenters. The molecule has 0 amide bonds. The summed E-state index contributed by atoms with van der Waals surface area (Å²) in [5.41, 5.74) is 0. The van der Waals surface area contributed by atoms with Gasteiger partial charge in [0.15, 0.2) is 0 Å². The van der Waals surface area contributed by atoms with Gasteiger partial charge in [-0.2, -0.15) is 0 Å². The molecule has 0 aliphatic heterocycles. The van der Waals surface area contributed by atoms with Crippen molar-refractivity contribution in [1.29, 1.82) is 0 Å². The molecule has 0 fully saturated rings. The Labute approximate surface area is 149 Å². The first-order valence-electron chi connectivity index (χ1n) is 7.73. The topological polar surface area (TPSA) is 25.8 Å². The van der Waals surface area contributed by atoms with Crippen molar-refractivity contribution in [3.8, 4) is 0 Å². The van der Waals surface area contributed by atoms with Crippen LogP contribution in [0.4, 0.5) is 0 Å². The van der Waals surface area contributed by atoms with Gasteiger partial charge in [0, 0.05) is 0 Å². The fourth-order valence-electron chi connectivity index (χ4n) is 3.42. The average Bonchev–Trinajstić information content (AvgIpc) is 3.13. The summed E-state index contributed by atoms with van der Waals surface area (Å²) in [4.78, 5) is 8.56. The molecule has 0 unspecified atom stereocenters. The Kier molecular flexibility index (Phi) is 2.66. The number of pyridine rings is 2. The fourth-order valence-corrected chi connectivity index (χ4v) is 9.84. The van der Waals surface area contributed by atoms with E-state index < -0.39 is 0 Å². The SMILES string of the molecule is c1cc2cc3c(cc2cn1)[se]c1c2cc4cnccc4cc2[se]c31. The second kappa shape index (κ2) is 4.78. The molecular weight excluding hydrogens is 426 g/mol. The van der Waals surface area contributed by atoms with Crippen LogP contribution in [0, 0.1) is 0 Å². The van der Waals surface area contributed by atoms with Crippen LogP contribution in [0.15, 0.2) is 61.2 Å². The first-order valence-corrected chi connectivity index (χ1v) is 11.2. The van der Waals surface area contributed by atoms with Crippen molar-refractivity contribution in [2.45, 2.75) is 0 Å². The molecule has 0 spiro atoms. The fraction of sp³-hybridized carbons (Fsp3) is 0. The molecule has 24 heavy (non-hydrogen) atoms. The normalized spacial score (nSPS) is 12.2. The Morgan fingerprint density at radius 2 is 1.08 bits per heavy atom. The van der Waals surface area contributed by atoms with E-state index in [1.165, 1.54) is 40.8 Å². The zero-order valence-corrected chi connectivity index (χ0v) is 15.9. The van der Waals surface area contributed by atoms with Crippen LogP contribution in [0.3, 0.4) is 0 Å². The van der Waals surface area contributed by atoms with E-state index in [4.69, 9.17) is 0 Å². The summed E-state index contributed by atoms with van der Waals surface area (Å²) < 4.78 is 6.26. The number of hydrogen-bond donors (Lipinski definition) is 0. The predicted octanol–water partition coefficient (Wildman–Crippen LogP) is 4.36. The quantitative estimate of drug-likeness (QED) is 0.331. The van der Waals surface area contributed by atoms with Gasteiger partial charge in [-0.25, -0.2) is 0 Å². The summed E-state index contributed by atoms with van der Waals surface area (Å²) in [6, 6.07) is 13.7. The van der Waals surface area contributed by atoms with E-state index in [0.29, 0.717) is 29.0 Å². The van der Waals surface area contributed by atoms with Gasteiger partial charge in [-0.3, -0.25) is 0 Å². The molecule has 112 valence electrons. The standard InChI is InChI=1S/C20H10N2Se2/c1-3-22-10-14-8-18-15(5-11(1)14)19-20(24-18)16-6-13-9-21-4-2-12(13)7-17(16)23-19/h1-10H. The molecule has 4 heteroatoms. The van der Waals surface area contributed by atoms with Crippen LogP contribution in [-0.4, -0.2) is 39.0 Å². The van der Waals surface area contributed by atoms with Gasteiger partial charge in [-0.1, -0.05) is 0 Å². The summed E-state index contributed by atoms with van der Waals surface area (Å²) in [7, 11) is 0. The molecule has 4 heterocycles. The number of rotatable bonds is 0. The van der Waals surface area contributed by atoms with Crippen molar-refractivity contribution in [1.82, 2.24) is 9.97 Å². The minimum atomic E-state index is 0.400. The van der Waals surface area contributed by atoms with E-state index in [9.17, 15) is 0 Å². The van der Waals surface area contributed by atoms with Crippen molar-refractivity contribution in [2.75, 3.05) is 0 Å². The Morgan fingerprint density at radius 1 is 0.583 bits per heavy atom. The molecule has 0 N–H and O–H groups in total.